The Balaban J connectivity index is 1.75. The van der Waals surface area contributed by atoms with Gasteiger partial charge in [0.1, 0.15) is 5.92 Å². The zero-order valence-electron chi connectivity index (χ0n) is 18.8. The SMILES string of the molecule is COc1nc(Nc2ccccc2)nc2c1CC[C@H]1[C@H](C)C(=O)C(C#N)C[C@@]21c1ccccc1. The molecule has 1 fully saturated rings. The third-order valence-corrected chi connectivity index (χ3v) is 7.32. The smallest absolute Gasteiger partial charge is 0.230 e. The van der Waals surface area contributed by atoms with E-state index in [0.29, 0.717) is 18.2 Å². The Bertz CT molecular complexity index is 1220. The molecule has 6 nitrogen and oxygen atoms in total. The maximum atomic E-state index is 13.0. The van der Waals surface area contributed by atoms with Crippen molar-refractivity contribution in [1.82, 2.24) is 9.97 Å². The summed E-state index contributed by atoms with van der Waals surface area (Å²) < 4.78 is 5.73. The minimum Gasteiger partial charge on any atom is -0.481 e. The van der Waals surface area contributed by atoms with Crippen molar-refractivity contribution in [3.63, 3.8) is 0 Å². The van der Waals surface area contributed by atoms with Gasteiger partial charge in [-0.15, -0.1) is 0 Å². The zero-order chi connectivity index (χ0) is 23.0. The van der Waals surface area contributed by atoms with E-state index in [1.54, 1.807) is 7.11 Å². The Kier molecular flexibility index (Phi) is 5.33. The van der Waals surface area contributed by atoms with E-state index in [9.17, 15) is 10.1 Å². The van der Waals surface area contributed by atoms with Gasteiger partial charge >= 0.3 is 0 Å². The number of ether oxygens (including phenoxy) is 1. The van der Waals surface area contributed by atoms with Gasteiger partial charge < -0.3 is 10.1 Å². The molecule has 0 saturated heterocycles. The van der Waals surface area contributed by atoms with Crippen molar-refractivity contribution < 1.29 is 9.53 Å². The quantitative estimate of drug-likeness (QED) is 0.628. The van der Waals surface area contributed by atoms with Gasteiger partial charge in [0.25, 0.3) is 0 Å². The maximum absolute atomic E-state index is 13.0. The summed E-state index contributed by atoms with van der Waals surface area (Å²) >= 11 is 0. The summed E-state index contributed by atoms with van der Waals surface area (Å²) in [6, 6.07) is 22.3. The number of hydrogen-bond acceptors (Lipinski definition) is 6. The summed E-state index contributed by atoms with van der Waals surface area (Å²) in [5.74, 6) is 0.183. The molecular formula is C27H26N4O2. The number of nitriles is 1. The van der Waals surface area contributed by atoms with E-state index in [-0.39, 0.29) is 17.6 Å². The number of Topliss-reactive ketones (excluding diaryl/α,β-unsaturated/α-hetero) is 1. The molecule has 1 heterocycles. The molecule has 1 saturated carbocycles. The van der Waals surface area contributed by atoms with E-state index in [0.717, 1.165) is 35.3 Å². The standard InChI is InChI=1S/C27H26N4O2/c1-17-22-14-13-21-24(30-26(31-25(21)33-2)29-20-11-7-4-8-12-20)27(22,15-18(16-28)23(17)32)19-9-5-3-6-10-19/h3-12,17-18,22H,13-15H2,1-2H3,(H,29,30,31)/t17-,18?,22-,27-/m0/s1. The van der Waals surface area contributed by atoms with E-state index in [1.165, 1.54) is 0 Å². The van der Waals surface area contributed by atoms with Crippen molar-refractivity contribution in [3.8, 4) is 11.9 Å². The molecule has 0 bridgehead atoms. The average molecular weight is 439 g/mol. The second-order valence-electron chi connectivity index (χ2n) is 8.93. The molecule has 1 aromatic heterocycles. The van der Waals surface area contributed by atoms with Gasteiger partial charge in [-0.2, -0.15) is 10.2 Å². The molecule has 1 unspecified atom stereocenters. The van der Waals surface area contributed by atoms with Gasteiger partial charge in [0.15, 0.2) is 5.78 Å². The zero-order valence-corrected chi connectivity index (χ0v) is 18.8. The van der Waals surface area contributed by atoms with Crippen molar-refractivity contribution >= 4 is 17.4 Å². The van der Waals surface area contributed by atoms with Crippen LogP contribution in [-0.2, 0) is 16.6 Å². The first-order valence-corrected chi connectivity index (χ1v) is 11.3. The van der Waals surface area contributed by atoms with Gasteiger partial charge in [0.2, 0.25) is 11.8 Å². The first-order chi connectivity index (χ1) is 16.1. The van der Waals surface area contributed by atoms with Crippen molar-refractivity contribution in [3.05, 3.63) is 77.5 Å². The summed E-state index contributed by atoms with van der Waals surface area (Å²) in [6.45, 7) is 1.97. The lowest BCUT2D eigenvalue weighted by Crippen LogP contribution is -2.53. The predicted octanol–water partition coefficient (Wildman–Crippen LogP) is 4.83. The van der Waals surface area contributed by atoms with Gasteiger partial charge in [-0.25, -0.2) is 4.98 Å². The molecule has 1 N–H and O–H groups in total. The second-order valence-corrected chi connectivity index (χ2v) is 8.93. The van der Waals surface area contributed by atoms with Crippen LogP contribution in [0.25, 0.3) is 0 Å². The highest BCUT2D eigenvalue weighted by Gasteiger charge is 2.56. The lowest BCUT2D eigenvalue weighted by Gasteiger charge is -2.51. The number of para-hydroxylation sites is 1. The molecule has 0 spiro atoms. The predicted molar refractivity (Wildman–Crippen MR) is 125 cm³/mol. The molecule has 2 aromatic carbocycles. The lowest BCUT2D eigenvalue weighted by molar-refractivity contribution is -0.131. The molecule has 0 aliphatic heterocycles. The summed E-state index contributed by atoms with van der Waals surface area (Å²) in [4.78, 5) is 22.8. The summed E-state index contributed by atoms with van der Waals surface area (Å²) in [6.07, 6.45) is 1.97. The van der Waals surface area contributed by atoms with Crippen molar-refractivity contribution in [2.75, 3.05) is 12.4 Å². The molecule has 166 valence electrons. The first-order valence-electron chi connectivity index (χ1n) is 11.3. The molecule has 5 rings (SSSR count). The number of nitrogens with zero attached hydrogens (tertiary/aromatic N) is 3. The van der Waals surface area contributed by atoms with Crippen LogP contribution in [0.1, 0.15) is 36.6 Å². The van der Waals surface area contributed by atoms with E-state index >= 15 is 0 Å². The normalized spacial score (nSPS) is 26.0. The molecule has 3 aromatic rings. The average Bonchev–Trinajstić information content (AvgIpc) is 2.86. The Morgan fingerprint density at radius 2 is 1.79 bits per heavy atom. The number of aromatic nitrogens is 2. The number of nitrogens with one attached hydrogen (secondary N) is 1. The molecule has 4 atom stereocenters. The topological polar surface area (TPSA) is 87.9 Å². The number of carbonyl (C=O) groups excluding carboxylic acids is 1. The Labute approximate surface area is 193 Å². The van der Waals surface area contributed by atoms with Gasteiger partial charge in [-0.1, -0.05) is 55.5 Å². The van der Waals surface area contributed by atoms with Crippen LogP contribution in [0, 0.1) is 29.1 Å². The fourth-order valence-corrected chi connectivity index (χ4v) is 5.83. The van der Waals surface area contributed by atoms with E-state index in [4.69, 9.17) is 9.72 Å². The number of carbonyl (C=O) groups is 1. The number of fused-ring (bicyclic) bond motifs is 3. The van der Waals surface area contributed by atoms with Crippen molar-refractivity contribution in [2.45, 2.75) is 31.6 Å². The number of rotatable bonds is 4. The minimum atomic E-state index is -0.672. The first kappa shape index (κ1) is 21.1. The Morgan fingerprint density at radius 3 is 2.45 bits per heavy atom. The van der Waals surface area contributed by atoms with Crippen LogP contribution in [0.3, 0.4) is 0 Å². The molecule has 6 heteroatoms. The monoisotopic (exact) mass is 438 g/mol. The molecule has 0 amide bonds. The third-order valence-electron chi connectivity index (χ3n) is 7.32. The highest BCUT2D eigenvalue weighted by Crippen LogP contribution is 2.56. The molecule has 0 radical (unpaired) electrons. The molecule has 2 aliphatic carbocycles. The summed E-state index contributed by atoms with van der Waals surface area (Å²) in [5, 5.41) is 13.2. The van der Waals surface area contributed by atoms with Crippen LogP contribution in [-0.4, -0.2) is 22.9 Å². The number of hydrogen-bond donors (Lipinski definition) is 1. The van der Waals surface area contributed by atoms with Gasteiger partial charge in [-0.3, -0.25) is 4.79 Å². The van der Waals surface area contributed by atoms with Crippen LogP contribution in [0.2, 0.25) is 0 Å². The number of anilines is 2. The van der Waals surface area contributed by atoms with Gasteiger partial charge in [0, 0.05) is 22.6 Å². The Hall–Kier alpha value is -3.72. The second kappa shape index (κ2) is 8.32. The molecule has 2 aliphatic rings. The van der Waals surface area contributed by atoms with Crippen molar-refractivity contribution in [1.29, 1.82) is 5.26 Å². The molecule has 33 heavy (non-hydrogen) atoms. The van der Waals surface area contributed by atoms with Crippen molar-refractivity contribution in [2.24, 2.45) is 17.8 Å². The lowest BCUT2D eigenvalue weighted by atomic mass is 9.51. The fourth-order valence-electron chi connectivity index (χ4n) is 5.83. The number of benzene rings is 2. The van der Waals surface area contributed by atoms with E-state index in [1.807, 2.05) is 55.5 Å². The summed E-state index contributed by atoms with van der Waals surface area (Å²) in [7, 11) is 1.63. The number of ketones is 1. The fraction of sp³-hybridized carbons (Fsp3) is 0.333. The van der Waals surface area contributed by atoms with Crippen LogP contribution in [0.15, 0.2) is 60.7 Å². The highest BCUT2D eigenvalue weighted by atomic mass is 16.5. The minimum absolute atomic E-state index is 0.0427. The third kappa shape index (κ3) is 3.36. The Morgan fingerprint density at radius 1 is 1.09 bits per heavy atom. The van der Waals surface area contributed by atoms with Crippen LogP contribution in [0.5, 0.6) is 5.88 Å². The van der Waals surface area contributed by atoms with Crippen LogP contribution >= 0.6 is 0 Å². The summed E-state index contributed by atoms with van der Waals surface area (Å²) in [5.41, 5.74) is 3.24. The van der Waals surface area contributed by atoms with E-state index in [2.05, 4.69) is 28.5 Å². The van der Waals surface area contributed by atoms with Gasteiger partial charge in [0.05, 0.1) is 18.9 Å². The highest BCUT2D eigenvalue weighted by molar-refractivity contribution is 5.87. The van der Waals surface area contributed by atoms with Crippen LogP contribution < -0.4 is 10.1 Å². The van der Waals surface area contributed by atoms with Gasteiger partial charge in [-0.05, 0) is 42.9 Å². The molecular weight excluding hydrogens is 412 g/mol. The van der Waals surface area contributed by atoms with E-state index < -0.39 is 11.3 Å². The largest absolute Gasteiger partial charge is 0.481 e. The maximum Gasteiger partial charge on any atom is 0.230 e. The van der Waals surface area contributed by atoms with Crippen LogP contribution in [0.4, 0.5) is 11.6 Å². The number of methoxy groups -OCH3 is 1.